The van der Waals surface area contributed by atoms with Crippen molar-refractivity contribution in [3.8, 4) is 0 Å². The van der Waals surface area contributed by atoms with Crippen LogP contribution in [0.3, 0.4) is 0 Å². The molecule has 104 valence electrons. The van der Waals surface area contributed by atoms with Crippen molar-refractivity contribution in [2.24, 2.45) is 0 Å². The number of halogens is 2. The highest BCUT2D eigenvalue weighted by Crippen LogP contribution is 2.23. The second-order valence-corrected chi connectivity index (χ2v) is 5.87. The molecular weight excluding hydrogens is 297 g/mol. The summed E-state index contributed by atoms with van der Waals surface area (Å²) >= 11 is 7.41. The molecule has 6 heteroatoms. The van der Waals surface area contributed by atoms with Gasteiger partial charge >= 0.3 is 0 Å². The fourth-order valence-corrected chi connectivity index (χ4v) is 3.28. The molecule has 0 bridgehead atoms. The highest BCUT2D eigenvalue weighted by atomic mass is 35.5. The summed E-state index contributed by atoms with van der Waals surface area (Å²) in [4.78, 5) is 5.53. The van der Waals surface area contributed by atoms with E-state index >= 15 is 0 Å². The summed E-state index contributed by atoms with van der Waals surface area (Å²) in [6.07, 6.45) is 0. The summed E-state index contributed by atoms with van der Waals surface area (Å²) in [5.74, 6) is -0.409. The fourth-order valence-electron chi connectivity index (χ4n) is 2.17. The lowest BCUT2D eigenvalue weighted by Crippen LogP contribution is -2.04. The summed E-state index contributed by atoms with van der Waals surface area (Å²) in [5, 5.41) is 5.46. The van der Waals surface area contributed by atoms with Gasteiger partial charge in [0, 0.05) is 16.8 Å². The Kier molecular flexibility index (Phi) is 3.40. The average Bonchev–Trinajstić information content (AvgIpc) is 2.91. The first-order valence-corrected chi connectivity index (χ1v) is 7.43. The topological polar surface area (TPSA) is 29.3 Å². The van der Waals surface area contributed by atoms with Crippen LogP contribution in [0.2, 0.25) is 5.02 Å². The molecule has 0 unspecified atom stereocenters. The van der Waals surface area contributed by atoms with Crippen LogP contribution in [0.15, 0.2) is 23.6 Å². The maximum absolute atomic E-state index is 13.1. The van der Waals surface area contributed by atoms with E-state index in [1.54, 1.807) is 23.5 Å². The first-order valence-electron chi connectivity index (χ1n) is 6.17. The van der Waals surface area contributed by atoms with Crippen molar-refractivity contribution in [1.29, 1.82) is 0 Å². The van der Waals surface area contributed by atoms with Gasteiger partial charge in [-0.05, 0) is 32.0 Å². The van der Waals surface area contributed by atoms with Gasteiger partial charge in [-0.15, -0.1) is 11.3 Å². The molecule has 0 aliphatic rings. The third kappa shape index (κ3) is 2.27. The van der Waals surface area contributed by atoms with Crippen molar-refractivity contribution < 1.29 is 4.39 Å². The molecule has 3 nitrogen and oxygen atoms in total. The van der Waals surface area contributed by atoms with Crippen LogP contribution in [0.25, 0.3) is 4.96 Å². The number of fused-ring (bicyclic) bond motifs is 1. The molecule has 1 N–H and O–H groups in total. The van der Waals surface area contributed by atoms with Gasteiger partial charge in [-0.1, -0.05) is 11.6 Å². The van der Waals surface area contributed by atoms with Crippen molar-refractivity contribution in [3.05, 3.63) is 51.5 Å². The number of aryl methyl sites for hydroxylation is 2. The molecule has 0 spiro atoms. The van der Waals surface area contributed by atoms with E-state index in [0.29, 0.717) is 6.54 Å². The number of thiazole rings is 1. The van der Waals surface area contributed by atoms with E-state index in [2.05, 4.69) is 27.0 Å². The van der Waals surface area contributed by atoms with Crippen molar-refractivity contribution in [2.45, 2.75) is 20.4 Å². The SMILES string of the molecule is Cc1nc2scc(C)n2c1CNc1ccc(F)c(Cl)c1. The fraction of sp³-hybridized carbons (Fsp3) is 0.214. The van der Waals surface area contributed by atoms with E-state index < -0.39 is 5.82 Å². The first kappa shape index (κ1) is 13.4. The highest BCUT2D eigenvalue weighted by molar-refractivity contribution is 7.15. The predicted octanol–water partition coefficient (Wildman–Crippen LogP) is 4.42. The largest absolute Gasteiger partial charge is 0.379 e. The van der Waals surface area contributed by atoms with Gasteiger partial charge in [0.25, 0.3) is 0 Å². The molecule has 1 aromatic carbocycles. The number of anilines is 1. The van der Waals surface area contributed by atoms with Gasteiger partial charge in [-0.2, -0.15) is 0 Å². The van der Waals surface area contributed by atoms with Crippen LogP contribution in [0.4, 0.5) is 10.1 Å². The minimum absolute atomic E-state index is 0.122. The van der Waals surface area contributed by atoms with E-state index in [-0.39, 0.29) is 5.02 Å². The number of hydrogen-bond donors (Lipinski definition) is 1. The van der Waals surface area contributed by atoms with Crippen molar-refractivity contribution in [3.63, 3.8) is 0 Å². The smallest absolute Gasteiger partial charge is 0.194 e. The molecule has 3 aromatic rings. The lowest BCUT2D eigenvalue weighted by molar-refractivity contribution is 0.628. The van der Waals surface area contributed by atoms with Gasteiger partial charge in [0.15, 0.2) is 4.96 Å². The number of imidazole rings is 1. The number of benzene rings is 1. The van der Waals surface area contributed by atoms with Crippen LogP contribution in [0.5, 0.6) is 0 Å². The van der Waals surface area contributed by atoms with Crippen LogP contribution in [-0.2, 0) is 6.54 Å². The standard InChI is InChI=1S/C14H13ClFN3S/c1-8-7-20-14-18-9(2)13(19(8)14)6-17-10-3-4-12(16)11(15)5-10/h3-5,7,17H,6H2,1-2H3. The molecule has 2 aromatic heterocycles. The van der Waals surface area contributed by atoms with Gasteiger partial charge in [0.2, 0.25) is 0 Å². The minimum atomic E-state index is -0.409. The monoisotopic (exact) mass is 309 g/mol. The number of aromatic nitrogens is 2. The average molecular weight is 310 g/mol. The zero-order chi connectivity index (χ0) is 14.3. The third-order valence-electron chi connectivity index (χ3n) is 3.21. The van der Waals surface area contributed by atoms with Gasteiger partial charge in [-0.25, -0.2) is 9.37 Å². The number of nitrogens with zero attached hydrogens (tertiary/aromatic N) is 2. The number of rotatable bonds is 3. The molecule has 0 amide bonds. The first-order chi connectivity index (χ1) is 9.56. The predicted molar refractivity (Wildman–Crippen MR) is 81.3 cm³/mol. The van der Waals surface area contributed by atoms with Crippen LogP contribution in [0, 0.1) is 19.7 Å². The Morgan fingerprint density at radius 2 is 2.20 bits per heavy atom. The van der Waals surface area contributed by atoms with Gasteiger partial charge in [0.1, 0.15) is 5.82 Å². The quantitative estimate of drug-likeness (QED) is 0.776. The molecule has 0 radical (unpaired) electrons. The second-order valence-electron chi connectivity index (χ2n) is 4.62. The van der Waals surface area contributed by atoms with Gasteiger partial charge in [0.05, 0.1) is 23.0 Å². The number of hydrogen-bond acceptors (Lipinski definition) is 3. The van der Waals surface area contributed by atoms with E-state index in [0.717, 1.165) is 22.0 Å². The Balaban J connectivity index is 1.88. The summed E-state index contributed by atoms with van der Waals surface area (Å²) in [6, 6.07) is 4.62. The maximum Gasteiger partial charge on any atom is 0.194 e. The molecule has 0 saturated heterocycles. The minimum Gasteiger partial charge on any atom is -0.379 e. The molecule has 0 atom stereocenters. The molecular formula is C14H13ClFN3S. The maximum atomic E-state index is 13.1. The normalized spacial score (nSPS) is 11.2. The van der Waals surface area contributed by atoms with Crippen LogP contribution in [-0.4, -0.2) is 9.38 Å². The lowest BCUT2D eigenvalue weighted by atomic mass is 10.3. The van der Waals surface area contributed by atoms with Crippen molar-refractivity contribution in [2.75, 3.05) is 5.32 Å². The van der Waals surface area contributed by atoms with Crippen LogP contribution in [0.1, 0.15) is 17.1 Å². The van der Waals surface area contributed by atoms with Crippen LogP contribution < -0.4 is 5.32 Å². The second kappa shape index (κ2) is 5.07. The summed E-state index contributed by atoms with van der Waals surface area (Å²) in [7, 11) is 0. The van der Waals surface area contributed by atoms with E-state index in [4.69, 9.17) is 11.6 Å². The Morgan fingerprint density at radius 3 is 2.95 bits per heavy atom. The summed E-state index contributed by atoms with van der Waals surface area (Å²) in [6.45, 7) is 4.67. The highest BCUT2D eigenvalue weighted by Gasteiger charge is 2.12. The molecule has 2 heterocycles. The Morgan fingerprint density at radius 1 is 1.40 bits per heavy atom. The molecule has 20 heavy (non-hydrogen) atoms. The molecule has 0 aliphatic carbocycles. The lowest BCUT2D eigenvalue weighted by Gasteiger charge is -2.08. The summed E-state index contributed by atoms with van der Waals surface area (Å²) < 4.78 is 15.3. The number of nitrogens with one attached hydrogen (secondary N) is 1. The van der Waals surface area contributed by atoms with Gasteiger partial charge in [-0.3, -0.25) is 4.40 Å². The van der Waals surface area contributed by atoms with Crippen LogP contribution >= 0.6 is 22.9 Å². The van der Waals surface area contributed by atoms with Gasteiger partial charge < -0.3 is 5.32 Å². The van der Waals surface area contributed by atoms with Crippen molar-refractivity contribution >= 4 is 33.6 Å². The zero-order valence-corrected chi connectivity index (χ0v) is 12.6. The van der Waals surface area contributed by atoms with Crippen molar-refractivity contribution in [1.82, 2.24) is 9.38 Å². The van der Waals surface area contributed by atoms with E-state index in [9.17, 15) is 4.39 Å². The molecule has 0 saturated carbocycles. The Labute approximate surface area is 125 Å². The zero-order valence-electron chi connectivity index (χ0n) is 11.1. The van der Waals surface area contributed by atoms with E-state index in [1.807, 2.05) is 6.92 Å². The Bertz CT molecular complexity index is 778. The molecule has 3 rings (SSSR count). The summed E-state index contributed by atoms with van der Waals surface area (Å²) in [5.41, 5.74) is 4.07. The van der Waals surface area contributed by atoms with E-state index in [1.165, 1.54) is 11.8 Å². The molecule has 0 aliphatic heterocycles. The molecule has 0 fully saturated rings. The third-order valence-corrected chi connectivity index (χ3v) is 4.44. The Hall–Kier alpha value is -1.59.